The molecule has 1 aliphatic rings. The Morgan fingerprint density at radius 1 is 1.60 bits per heavy atom. The topological polar surface area (TPSA) is 75.3 Å². The zero-order valence-corrected chi connectivity index (χ0v) is 10.3. The third-order valence-corrected chi connectivity index (χ3v) is 3.99. The van der Waals surface area contributed by atoms with Crippen LogP contribution in [0.4, 0.5) is 0 Å². The second kappa shape index (κ2) is 5.72. The molecule has 0 radical (unpaired) electrons. The van der Waals surface area contributed by atoms with Gasteiger partial charge in [-0.3, -0.25) is 10.1 Å². The molecule has 0 aliphatic carbocycles. The maximum absolute atomic E-state index is 11.4. The van der Waals surface area contributed by atoms with E-state index in [1.165, 1.54) is 6.26 Å². The Morgan fingerprint density at radius 3 is 2.87 bits per heavy atom. The molecule has 1 rings (SSSR count). The number of carbonyl (C=O) groups excluding carboxylic acids is 1. The molecule has 0 aromatic heterocycles. The van der Waals surface area contributed by atoms with Gasteiger partial charge in [0, 0.05) is 24.4 Å². The molecule has 0 bridgehead atoms. The van der Waals surface area contributed by atoms with Crippen molar-refractivity contribution in [1.29, 1.82) is 0 Å². The van der Waals surface area contributed by atoms with Crippen LogP contribution >= 0.6 is 11.8 Å². The Bertz CT molecular complexity index is 310. The highest BCUT2D eigenvalue weighted by molar-refractivity contribution is 7.99. The molecule has 0 aromatic carbocycles. The zero-order valence-electron chi connectivity index (χ0n) is 8.65. The summed E-state index contributed by atoms with van der Waals surface area (Å²) in [5.74, 6) is 1.69. The van der Waals surface area contributed by atoms with Crippen molar-refractivity contribution in [1.82, 2.24) is 10.6 Å². The highest BCUT2D eigenvalue weighted by Gasteiger charge is 2.21. The molecule has 1 atom stereocenters. The summed E-state index contributed by atoms with van der Waals surface area (Å²) in [7, 11) is -2.91. The minimum atomic E-state index is -2.91. The molecule has 1 unspecified atom stereocenters. The van der Waals surface area contributed by atoms with E-state index in [9.17, 15) is 13.2 Å². The summed E-state index contributed by atoms with van der Waals surface area (Å²) < 4.78 is 21.6. The van der Waals surface area contributed by atoms with Crippen molar-refractivity contribution >= 4 is 27.5 Å². The molecule has 88 valence electrons. The number of nitrogens with one attached hydrogen (secondary N) is 2. The zero-order chi connectivity index (χ0) is 11.3. The molecule has 1 amide bonds. The van der Waals surface area contributed by atoms with Gasteiger partial charge in [-0.15, -0.1) is 11.8 Å². The first-order chi connectivity index (χ1) is 6.99. The summed E-state index contributed by atoms with van der Waals surface area (Å²) in [6.07, 6.45) is 1.68. The number of sulfone groups is 1. The van der Waals surface area contributed by atoms with Crippen molar-refractivity contribution in [2.24, 2.45) is 0 Å². The molecule has 1 aliphatic heterocycles. The van der Waals surface area contributed by atoms with Gasteiger partial charge in [-0.2, -0.15) is 0 Å². The maximum atomic E-state index is 11.4. The number of rotatable bonds is 5. The van der Waals surface area contributed by atoms with Gasteiger partial charge in [-0.1, -0.05) is 0 Å². The van der Waals surface area contributed by atoms with E-state index < -0.39 is 9.84 Å². The second-order valence-corrected chi connectivity index (χ2v) is 6.84. The fraction of sp³-hybridized carbons (Fsp3) is 0.875. The third kappa shape index (κ3) is 5.39. The van der Waals surface area contributed by atoms with Crippen LogP contribution in [-0.4, -0.2) is 50.5 Å². The van der Waals surface area contributed by atoms with Crippen molar-refractivity contribution in [2.45, 2.75) is 12.5 Å². The summed E-state index contributed by atoms with van der Waals surface area (Å²) in [5, 5.41) is 5.76. The van der Waals surface area contributed by atoms with Gasteiger partial charge in [-0.25, -0.2) is 8.42 Å². The molecule has 5 nitrogen and oxygen atoms in total. The Balaban J connectivity index is 2.12. The fourth-order valence-corrected chi connectivity index (χ4v) is 2.84. The van der Waals surface area contributed by atoms with Crippen LogP contribution in [0.2, 0.25) is 0 Å². The summed E-state index contributed by atoms with van der Waals surface area (Å²) in [4.78, 5) is 11.4. The van der Waals surface area contributed by atoms with Gasteiger partial charge in [0.15, 0.2) is 0 Å². The van der Waals surface area contributed by atoms with Gasteiger partial charge in [0.2, 0.25) is 5.91 Å². The Labute approximate surface area is 94.3 Å². The van der Waals surface area contributed by atoms with Crippen LogP contribution in [0, 0.1) is 0 Å². The quantitative estimate of drug-likeness (QED) is 0.627. The highest BCUT2D eigenvalue weighted by Crippen LogP contribution is 2.09. The minimum Gasteiger partial charge on any atom is -0.355 e. The van der Waals surface area contributed by atoms with E-state index in [0.29, 0.717) is 13.0 Å². The summed E-state index contributed by atoms with van der Waals surface area (Å²) >= 11 is 1.69. The number of amides is 1. The number of hydrogen-bond acceptors (Lipinski definition) is 5. The van der Waals surface area contributed by atoms with Crippen LogP contribution in [0.1, 0.15) is 6.42 Å². The first-order valence-electron chi connectivity index (χ1n) is 4.75. The normalized spacial score (nSPS) is 21.5. The van der Waals surface area contributed by atoms with Crippen molar-refractivity contribution < 1.29 is 13.2 Å². The van der Waals surface area contributed by atoms with Gasteiger partial charge in [0.1, 0.15) is 9.84 Å². The van der Waals surface area contributed by atoms with Crippen LogP contribution in [0.5, 0.6) is 0 Å². The standard InChI is InChI=1S/C8H16N2O3S2/c1-15(12,13)4-2-3-9-8(11)7-5-14-6-10-7/h7,10H,2-6H2,1H3,(H,9,11). The fourth-order valence-electron chi connectivity index (χ4n) is 1.23. The average Bonchev–Trinajstić information content (AvgIpc) is 2.63. The molecule has 1 fully saturated rings. The average molecular weight is 252 g/mol. The van der Waals surface area contributed by atoms with E-state index >= 15 is 0 Å². The Hall–Kier alpha value is -0.270. The van der Waals surface area contributed by atoms with Crippen molar-refractivity contribution in [3.05, 3.63) is 0 Å². The summed E-state index contributed by atoms with van der Waals surface area (Å²) in [6.45, 7) is 0.425. The van der Waals surface area contributed by atoms with Gasteiger partial charge in [0.05, 0.1) is 11.8 Å². The lowest BCUT2D eigenvalue weighted by Gasteiger charge is -2.09. The van der Waals surface area contributed by atoms with E-state index in [1.54, 1.807) is 11.8 Å². The molecule has 15 heavy (non-hydrogen) atoms. The van der Waals surface area contributed by atoms with Crippen molar-refractivity contribution in [3.63, 3.8) is 0 Å². The summed E-state index contributed by atoms with van der Waals surface area (Å²) in [5.41, 5.74) is 0. The van der Waals surface area contributed by atoms with Crippen LogP contribution in [0.25, 0.3) is 0 Å². The van der Waals surface area contributed by atoms with Crippen LogP contribution in [0.15, 0.2) is 0 Å². The lowest BCUT2D eigenvalue weighted by molar-refractivity contribution is -0.122. The molecule has 7 heteroatoms. The number of hydrogen-bond donors (Lipinski definition) is 2. The maximum Gasteiger partial charge on any atom is 0.238 e. The lowest BCUT2D eigenvalue weighted by Crippen LogP contribution is -2.42. The van der Waals surface area contributed by atoms with E-state index in [2.05, 4.69) is 10.6 Å². The molecule has 0 saturated carbocycles. The smallest absolute Gasteiger partial charge is 0.238 e. The Kier molecular flexibility index (Phi) is 4.88. The van der Waals surface area contributed by atoms with E-state index in [-0.39, 0.29) is 17.7 Å². The van der Waals surface area contributed by atoms with E-state index in [1.807, 2.05) is 0 Å². The van der Waals surface area contributed by atoms with E-state index in [0.717, 1.165) is 11.6 Å². The second-order valence-electron chi connectivity index (χ2n) is 3.55. The lowest BCUT2D eigenvalue weighted by atomic mass is 10.3. The highest BCUT2D eigenvalue weighted by atomic mass is 32.2. The Morgan fingerprint density at radius 2 is 2.33 bits per heavy atom. The minimum absolute atomic E-state index is 0.0338. The predicted molar refractivity (Wildman–Crippen MR) is 61.6 cm³/mol. The number of thioether (sulfide) groups is 1. The SMILES string of the molecule is CS(=O)(=O)CCCNC(=O)C1CSCN1. The molecule has 1 saturated heterocycles. The van der Waals surface area contributed by atoms with Gasteiger partial charge < -0.3 is 5.32 Å². The van der Waals surface area contributed by atoms with Crippen LogP contribution in [0.3, 0.4) is 0 Å². The predicted octanol–water partition coefficient (Wildman–Crippen LogP) is -0.800. The molecule has 2 N–H and O–H groups in total. The van der Waals surface area contributed by atoms with Crippen molar-refractivity contribution in [3.8, 4) is 0 Å². The van der Waals surface area contributed by atoms with Gasteiger partial charge >= 0.3 is 0 Å². The van der Waals surface area contributed by atoms with Crippen LogP contribution in [-0.2, 0) is 14.6 Å². The third-order valence-electron chi connectivity index (χ3n) is 2.02. The molecular weight excluding hydrogens is 236 g/mol. The monoisotopic (exact) mass is 252 g/mol. The molecule has 0 aromatic rings. The number of carbonyl (C=O) groups is 1. The first kappa shape index (κ1) is 12.8. The van der Waals surface area contributed by atoms with Gasteiger partial charge in [-0.05, 0) is 6.42 Å². The van der Waals surface area contributed by atoms with Crippen molar-refractivity contribution in [2.75, 3.05) is 30.2 Å². The van der Waals surface area contributed by atoms with Gasteiger partial charge in [0.25, 0.3) is 0 Å². The van der Waals surface area contributed by atoms with Crippen LogP contribution < -0.4 is 10.6 Å². The first-order valence-corrected chi connectivity index (χ1v) is 7.97. The largest absolute Gasteiger partial charge is 0.355 e. The molecular formula is C8H16N2O3S2. The van der Waals surface area contributed by atoms with E-state index in [4.69, 9.17) is 0 Å². The summed E-state index contributed by atoms with van der Waals surface area (Å²) in [6, 6.07) is -0.117. The molecule has 1 heterocycles. The molecule has 0 spiro atoms.